The van der Waals surface area contributed by atoms with E-state index in [0.717, 1.165) is 61.9 Å². The minimum Gasteiger partial charge on any atom is -0.486 e. The first-order valence-corrected chi connectivity index (χ1v) is 12.9. The van der Waals surface area contributed by atoms with Gasteiger partial charge in [0.05, 0.1) is 0 Å². The third-order valence-electron chi connectivity index (χ3n) is 4.97. The van der Waals surface area contributed by atoms with Gasteiger partial charge in [0.25, 0.3) is 0 Å². The molecule has 0 N–H and O–H groups in total. The van der Waals surface area contributed by atoms with E-state index in [1.807, 2.05) is 0 Å². The first kappa shape index (κ1) is 34.9. The predicted octanol–water partition coefficient (Wildman–Crippen LogP) is 5.59. The van der Waals surface area contributed by atoms with Crippen LogP contribution in [0.4, 0.5) is 0 Å². The fraction of sp³-hybridized carbons (Fsp3) is 0.0909. The summed E-state index contributed by atoms with van der Waals surface area (Å²) in [5, 5.41) is 0. The monoisotopic (exact) mass is 618 g/mol. The van der Waals surface area contributed by atoms with Crippen LogP contribution in [0, 0.1) is 0 Å². The Kier molecular flexibility index (Phi) is 14.7. The lowest BCUT2D eigenvalue weighted by atomic mass is 10.0. The number of rotatable bonds is 18. The summed E-state index contributed by atoms with van der Waals surface area (Å²) in [7, 11) is 0. The van der Waals surface area contributed by atoms with Crippen molar-refractivity contribution >= 4 is 23.9 Å². The van der Waals surface area contributed by atoms with Gasteiger partial charge in [-0.3, -0.25) is 0 Å². The van der Waals surface area contributed by atoms with E-state index in [0.29, 0.717) is 16.9 Å². The van der Waals surface area contributed by atoms with Crippen molar-refractivity contribution in [1.82, 2.24) is 0 Å². The van der Waals surface area contributed by atoms with Gasteiger partial charge in [0.1, 0.15) is 73.3 Å². The normalized spacial score (nSPS) is 11.2. The van der Waals surface area contributed by atoms with Crippen LogP contribution < -0.4 is 18.9 Å². The van der Waals surface area contributed by atoms with Gasteiger partial charge in [0, 0.05) is 47.6 Å². The minimum atomic E-state index is -0.697. The van der Waals surface area contributed by atoms with E-state index in [1.54, 1.807) is 37.3 Å². The summed E-state index contributed by atoms with van der Waals surface area (Å²) in [5.74, 6) is -1.58. The zero-order valence-electron chi connectivity index (χ0n) is 24.2. The van der Waals surface area contributed by atoms with Crippen molar-refractivity contribution in [2.45, 2.75) is 13.0 Å². The summed E-state index contributed by atoms with van der Waals surface area (Å²) >= 11 is 0. The largest absolute Gasteiger partial charge is 0.486 e. The molecule has 0 aromatic heterocycles. The second-order valence-electron chi connectivity index (χ2n) is 8.17. The number of ether oxygens (including phenoxy) is 8. The molecule has 0 fully saturated rings. The van der Waals surface area contributed by atoms with E-state index in [-0.39, 0.29) is 23.9 Å². The van der Waals surface area contributed by atoms with Gasteiger partial charge in [-0.2, -0.15) is 0 Å². The van der Waals surface area contributed by atoms with Crippen LogP contribution in [0.2, 0.25) is 0 Å². The van der Waals surface area contributed by atoms with Gasteiger partial charge in [-0.1, -0.05) is 26.3 Å². The second kappa shape index (κ2) is 19.0. The highest BCUT2D eigenvalue weighted by atomic mass is 16.6. The number of carbonyl (C=O) groups excluding carboxylic acids is 4. The average Bonchev–Trinajstić information content (AvgIpc) is 3.05. The molecular weight excluding hydrogens is 588 g/mol. The third kappa shape index (κ3) is 12.6. The van der Waals surface area contributed by atoms with E-state index in [1.165, 1.54) is 6.07 Å². The van der Waals surface area contributed by atoms with E-state index in [9.17, 15) is 19.2 Å². The summed E-state index contributed by atoms with van der Waals surface area (Å²) < 4.78 is 42.3. The second-order valence-corrected chi connectivity index (χ2v) is 8.17. The average molecular weight is 619 g/mol. The maximum absolute atomic E-state index is 11.6. The van der Waals surface area contributed by atoms with E-state index < -0.39 is 30.0 Å². The summed E-state index contributed by atoms with van der Waals surface area (Å²) in [6.07, 6.45) is 9.87. The Hall–Kier alpha value is -6.30. The topological polar surface area (TPSA) is 142 Å². The molecular formula is C33H30O12. The Balaban J connectivity index is 2.49. The number of carbonyl (C=O) groups is 4. The van der Waals surface area contributed by atoms with Gasteiger partial charge in [-0.25, -0.2) is 19.2 Å². The molecule has 1 unspecified atom stereocenters. The van der Waals surface area contributed by atoms with Gasteiger partial charge in [-0.15, -0.1) is 0 Å². The molecule has 12 heteroatoms. The van der Waals surface area contributed by atoms with E-state index in [4.69, 9.17) is 37.9 Å². The minimum absolute atomic E-state index is 0.0942. The summed E-state index contributed by atoms with van der Waals surface area (Å²) in [6.45, 7) is 14.9. The van der Waals surface area contributed by atoms with Crippen LogP contribution in [0.15, 0.2) is 125 Å². The van der Waals surface area contributed by atoms with Crippen LogP contribution in [-0.4, -0.2) is 36.6 Å². The fourth-order valence-electron chi connectivity index (χ4n) is 3.04. The highest BCUT2D eigenvalue weighted by Crippen LogP contribution is 2.41. The summed E-state index contributed by atoms with van der Waals surface area (Å²) in [5.41, 5.74) is 0.983. The van der Waals surface area contributed by atoms with Crippen molar-refractivity contribution < 1.29 is 57.1 Å². The van der Waals surface area contributed by atoms with Crippen molar-refractivity contribution in [2.24, 2.45) is 0 Å². The highest BCUT2D eigenvalue weighted by molar-refractivity contribution is 5.83. The molecule has 45 heavy (non-hydrogen) atoms. The molecule has 0 heterocycles. The molecule has 0 saturated carbocycles. The molecule has 0 saturated heterocycles. The Bertz CT molecular complexity index is 1500. The molecule has 2 aromatic rings. The first-order chi connectivity index (χ1) is 21.7. The predicted molar refractivity (Wildman–Crippen MR) is 161 cm³/mol. The van der Waals surface area contributed by atoms with Crippen LogP contribution in [0.3, 0.4) is 0 Å². The molecule has 0 bridgehead atoms. The molecule has 0 aliphatic heterocycles. The third-order valence-corrected chi connectivity index (χ3v) is 4.97. The fourth-order valence-corrected chi connectivity index (χ4v) is 3.04. The molecule has 0 spiro atoms. The highest BCUT2D eigenvalue weighted by Gasteiger charge is 2.17. The molecule has 0 aliphatic carbocycles. The summed E-state index contributed by atoms with van der Waals surface area (Å²) in [4.78, 5) is 45.5. The van der Waals surface area contributed by atoms with Crippen LogP contribution in [0.1, 0.15) is 6.92 Å². The lowest BCUT2D eigenvalue weighted by Crippen LogP contribution is -2.21. The smallest absolute Gasteiger partial charge is 0.335 e. The van der Waals surface area contributed by atoms with Crippen LogP contribution >= 0.6 is 0 Å². The van der Waals surface area contributed by atoms with Crippen molar-refractivity contribution in [3.05, 3.63) is 125 Å². The maximum Gasteiger partial charge on any atom is 0.335 e. The number of esters is 4. The standard InChI is InChI=1S/C33H30O12/c1-6-30(34)41-17-14-38-24-10-12-26(28(20-24)40-16-19-43-32(36)8-3)27-13-11-25(39-15-18-42-31(35)7-2)21-29(27)45-23(5)22-44-33(37)9-4/h6-21,23H,1-4,22H2,5H3/b17-14+,18-15+,19-16+. The lowest BCUT2D eigenvalue weighted by molar-refractivity contribution is -0.140. The molecule has 0 amide bonds. The Morgan fingerprint density at radius 3 is 1.49 bits per heavy atom. The van der Waals surface area contributed by atoms with Crippen LogP contribution in [0.25, 0.3) is 11.1 Å². The molecule has 2 rings (SSSR count). The Morgan fingerprint density at radius 1 is 0.600 bits per heavy atom. The number of benzene rings is 2. The van der Waals surface area contributed by atoms with Crippen molar-refractivity contribution in [1.29, 1.82) is 0 Å². The molecule has 234 valence electrons. The molecule has 0 radical (unpaired) electrons. The SMILES string of the molecule is C=CC(=O)O/C=C/Oc1ccc(-c2ccc(O/C=C/OC(=O)C=C)cc2OC(C)COC(=O)C=C)c(O/C=C/OC(=O)C=C)c1. The van der Waals surface area contributed by atoms with Crippen molar-refractivity contribution in [3.8, 4) is 34.1 Å². The van der Waals surface area contributed by atoms with Gasteiger partial charge in [0.2, 0.25) is 0 Å². The van der Waals surface area contributed by atoms with Gasteiger partial charge >= 0.3 is 23.9 Å². The van der Waals surface area contributed by atoms with Gasteiger partial charge in [-0.05, 0) is 31.2 Å². The van der Waals surface area contributed by atoms with Gasteiger partial charge in [0.15, 0.2) is 0 Å². The molecule has 0 aliphatic rings. The number of hydrogen-bond acceptors (Lipinski definition) is 12. The van der Waals surface area contributed by atoms with Crippen LogP contribution in [0.5, 0.6) is 23.0 Å². The number of hydrogen-bond donors (Lipinski definition) is 0. The van der Waals surface area contributed by atoms with Crippen molar-refractivity contribution in [3.63, 3.8) is 0 Å². The summed E-state index contributed by atoms with van der Waals surface area (Å²) in [6, 6.07) is 9.58. The van der Waals surface area contributed by atoms with Crippen molar-refractivity contribution in [2.75, 3.05) is 6.61 Å². The Labute approximate surface area is 259 Å². The first-order valence-electron chi connectivity index (χ1n) is 12.9. The van der Waals surface area contributed by atoms with E-state index in [2.05, 4.69) is 26.3 Å². The zero-order chi connectivity index (χ0) is 33.0. The Morgan fingerprint density at radius 2 is 1.02 bits per heavy atom. The van der Waals surface area contributed by atoms with Crippen LogP contribution in [-0.2, 0) is 38.1 Å². The lowest BCUT2D eigenvalue weighted by Gasteiger charge is -2.19. The van der Waals surface area contributed by atoms with Gasteiger partial charge < -0.3 is 37.9 Å². The zero-order valence-corrected chi connectivity index (χ0v) is 24.2. The molecule has 12 nitrogen and oxygen atoms in total. The van der Waals surface area contributed by atoms with E-state index >= 15 is 0 Å². The maximum atomic E-state index is 11.6. The molecule has 1 atom stereocenters. The molecule has 2 aromatic carbocycles. The quantitative estimate of drug-likeness (QED) is 0.0890.